The van der Waals surface area contributed by atoms with Gasteiger partial charge in [-0.15, -0.1) is 0 Å². The Morgan fingerprint density at radius 3 is 2.74 bits per heavy atom. The van der Waals surface area contributed by atoms with E-state index in [-0.39, 0.29) is 0 Å². The topological polar surface area (TPSA) is 54.6 Å². The van der Waals surface area contributed by atoms with Gasteiger partial charge < -0.3 is 14.2 Å². The van der Waals surface area contributed by atoms with Gasteiger partial charge in [-0.3, -0.25) is 9.88 Å². The second kappa shape index (κ2) is 7.80. The third kappa shape index (κ3) is 3.80. The molecule has 3 aromatic rings. The lowest BCUT2D eigenvalue weighted by Crippen LogP contribution is -2.51. The molecule has 0 spiro atoms. The summed E-state index contributed by atoms with van der Waals surface area (Å²) in [5.74, 6) is 1.81. The van der Waals surface area contributed by atoms with E-state index in [1.54, 1.807) is 19.5 Å². The van der Waals surface area contributed by atoms with Crippen molar-refractivity contribution in [2.75, 3.05) is 31.6 Å². The predicted molar refractivity (Wildman–Crippen MR) is 105 cm³/mol. The van der Waals surface area contributed by atoms with Crippen molar-refractivity contribution in [2.24, 2.45) is 0 Å². The smallest absolute Gasteiger partial charge is 0.151 e. The second-order valence-corrected chi connectivity index (χ2v) is 6.85. The average Bonchev–Trinajstić information content (AvgIpc) is 3.19. The van der Waals surface area contributed by atoms with Crippen LogP contribution < -0.4 is 9.64 Å². The molecule has 1 fully saturated rings. The lowest BCUT2D eigenvalue weighted by Gasteiger charge is -2.40. The van der Waals surface area contributed by atoms with Crippen molar-refractivity contribution >= 4 is 5.69 Å². The molecule has 1 aliphatic rings. The Morgan fingerprint density at radius 2 is 1.96 bits per heavy atom. The first kappa shape index (κ1) is 17.5. The van der Waals surface area contributed by atoms with Crippen molar-refractivity contribution in [2.45, 2.75) is 19.5 Å². The molecular formula is C21H24N4O2. The molecule has 0 bridgehead atoms. The largest absolute Gasteiger partial charge is 0.495 e. The first-order valence-corrected chi connectivity index (χ1v) is 9.22. The third-order valence-corrected chi connectivity index (χ3v) is 5.08. The summed E-state index contributed by atoms with van der Waals surface area (Å²) in [6, 6.07) is 14.5. The average molecular weight is 364 g/mol. The number of aromatic nitrogens is 2. The van der Waals surface area contributed by atoms with Crippen LogP contribution in [0, 0.1) is 0 Å². The maximum absolute atomic E-state index is 5.57. The van der Waals surface area contributed by atoms with E-state index in [9.17, 15) is 0 Å². The molecule has 1 saturated heterocycles. The Hall–Kier alpha value is -2.86. The van der Waals surface area contributed by atoms with Crippen LogP contribution in [0.25, 0.3) is 11.3 Å². The number of piperazine rings is 1. The maximum atomic E-state index is 5.57. The van der Waals surface area contributed by atoms with E-state index in [1.165, 1.54) is 0 Å². The van der Waals surface area contributed by atoms with E-state index in [4.69, 9.17) is 9.26 Å². The normalized spacial score (nSPS) is 17.9. The number of nitrogens with zero attached hydrogens (tertiary/aromatic N) is 4. The number of rotatable bonds is 5. The first-order valence-electron chi connectivity index (χ1n) is 9.22. The van der Waals surface area contributed by atoms with Crippen LogP contribution >= 0.6 is 0 Å². The van der Waals surface area contributed by atoms with Crippen LogP contribution in [0.15, 0.2) is 59.4 Å². The van der Waals surface area contributed by atoms with Crippen molar-refractivity contribution in [1.82, 2.24) is 15.0 Å². The fourth-order valence-corrected chi connectivity index (χ4v) is 3.59. The first-order chi connectivity index (χ1) is 13.2. The van der Waals surface area contributed by atoms with Crippen LogP contribution in [-0.4, -0.2) is 47.8 Å². The molecule has 0 unspecified atom stereocenters. The van der Waals surface area contributed by atoms with Crippen LogP contribution in [0.3, 0.4) is 0 Å². The molecule has 140 valence electrons. The van der Waals surface area contributed by atoms with Gasteiger partial charge in [0.25, 0.3) is 0 Å². The molecule has 0 saturated carbocycles. The fraction of sp³-hybridized carbons (Fsp3) is 0.333. The summed E-state index contributed by atoms with van der Waals surface area (Å²) in [5.41, 5.74) is 3.04. The zero-order valence-corrected chi connectivity index (χ0v) is 15.7. The number of pyridine rings is 1. The summed E-state index contributed by atoms with van der Waals surface area (Å²) in [6.45, 7) is 5.88. The highest BCUT2D eigenvalue weighted by molar-refractivity contribution is 5.59. The number of hydrogen-bond acceptors (Lipinski definition) is 6. The van der Waals surface area contributed by atoms with Crippen LogP contribution in [-0.2, 0) is 6.54 Å². The van der Waals surface area contributed by atoms with Gasteiger partial charge in [-0.25, -0.2) is 0 Å². The molecular weight excluding hydrogens is 340 g/mol. The van der Waals surface area contributed by atoms with Gasteiger partial charge in [0, 0.05) is 49.7 Å². The summed E-state index contributed by atoms with van der Waals surface area (Å²) in [7, 11) is 1.73. The van der Waals surface area contributed by atoms with Gasteiger partial charge in [-0.05, 0) is 31.2 Å². The molecule has 6 nitrogen and oxygen atoms in total. The molecule has 1 atom stereocenters. The van der Waals surface area contributed by atoms with E-state index in [1.807, 2.05) is 30.3 Å². The summed E-state index contributed by atoms with van der Waals surface area (Å²) in [5, 5.41) is 4.21. The number of ether oxygens (including phenoxy) is 1. The standard InChI is InChI=1S/C21H24N4O2/c1-16-14-25(20-5-3-4-6-21(20)26-2)12-11-24(16)15-18-13-19(23-27-18)17-7-9-22-10-8-17/h3-10,13,16H,11-12,14-15H2,1-2H3/t16-/m0/s1. The Labute approximate surface area is 159 Å². The highest BCUT2D eigenvalue weighted by Crippen LogP contribution is 2.30. The van der Waals surface area contributed by atoms with Gasteiger partial charge in [0.15, 0.2) is 5.76 Å². The van der Waals surface area contributed by atoms with Crippen molar-refractivity contribution in [3.63, 3.8) is 0 Å². The lowest BCUT2D eigenvalue weighted by molar-refractivity contribution is 0.162. The summed E-state index contributed by atoms with van der Waals surface area (Å²) < 4.78 is 11.1. The van der Waals surface area contributed by atoms with Gasteiger partial charge in [0.05, 0.1) is 19.3 Å². The van der Waals surface area contributed by atoms with Crippen molar-refractivity contribution in [1.29, 1.82) is 0 Å². The van der Waals surface area contributed by atoms with E-state index in [0.717, 1.165) is 54.6 Å². The molecule has 0 aliphatic carbocycles. The molecule has 1 aliphatic heterocycles. The summed E-state index contributed by atoms with van der Waals surface area (Å²) >= 11 is 0. The molecule has 4 rings (SSSR count). The van der Waals surface area contributed by atoms with Gasteiger partial charge in [0.1, 0.15) is 11.4 Å². The van der Waals surface area contributed by atoms with Crippen LogP contribution in [0.1, 0.15) is 12.7 Å². The van der Waals surface area contributed by atoms with E-state index in [2.05, 4.69) is 39.0 Å². The van der Waals surface area contributed by atoms with Gasteiger partial charge in [0.2, 0.25) is 0 Å². The predicted octanol–water partition coefficient (Wildman–Crippen LogP) is 3.46. The molecule has 0 N–H and O–H groups in total. The Morgan fingerprint density at radius 1 is 1.15 bits per heavy atom. The molecule has 1 aromatic carbocycles. The summed E-state index contributed by atoms with van der Waals surface area (Å²) in [6.07, 6.45) is 3.53. The second-order valence-electron chi connectivity index (χ2n) is 6.85. The van der Waals surface area contributed by atoms with Crippen LogP contribution in [0.2, 0.25) is 0 Å². The minimum Gasteiger partial charge on any atom is -0.495 e. The highest BCUT2D eigenvalue weighted by Gasteiger charge is 2.26. The Bertz CT molecular complexity index is 881. The van der Waals surface area contributed by atoms with Gasteiger partial charge in [-0.1, -0.05) is 17.3 Å². The molecule has 6 heteroatoms. The Kier molecular flexibility index (Phi) is 5.07. The molecule has 3 heterocycles. The van der Waals surface area contributed by atoms with E-state index >= 15 is 0 Å². The molecule has 27 heavy (non-hydrogen) atoms. The number of hydrogen-bond donors (Lipinski definition) is 0. The van der Waals surface area contributed by atoms with Gasteiger partial charge >= 0.3 is 0 Å². The van der Waals surface area contributed by atoms with E-state index in [0.29, 0.717) is 6.04 Å². The van der Waals surface area contributed by atoms with E-state index < -0.39 is 0 Å². The molecule has 0 amide bonds. The number of para-hydroxylation sites is 2. The molecule has 2 aromatic heterocycles. The number of anilines is 1. The SMILES string of the molecule is COc1ccccc1N1CCN(Cc2cc(-c3ccncc3)no2)[C@@H](C)C1. The zero-order valence-electron chi connectivity index (χ0n) is 15.7. The molecule has 0 radical (unpaired) electrons. The van der Waals surface area contributed by atoms with Gasteiger partial charge in [-0.2, -0.15) is 0 Å². The monoisotopic (exact) mass is 364 g/mol. The minimum absolute atomic E-state index is 0.401. The minimum atomic E-state index is 0.401. The number of methoxy groups -OCH3 is 1. The number of benzene rings is 1. The van der Waals surface area contributed by atoms with Crippen molar-refractivity contribution < 1.29 is 9.26 Å². The zero-order chi connectivity index (χ0) is 18.6. The third-order valence-electron chi connectivity index (χ3n) is 5.08. The maximum Gasteiger partial charge on any atom is 0.151 e. The highest BCUT2D eigenvalue weighted by atomic mass is 16.5. The van der Waals surface area contributed by atoms with Crippen molar-refractivity contribution in [3.05, 3.63) is 60.6 Å². The fourth-order valence-electron chi connectivity index (χ4n) is 3.59. The van der Waals surface area contributed by atoms with Crippen molar-refractivity contribution in [3.8, 4) is 17.0 Å². The summed E-state index contributed by atoms with van der Waals surface area (Å²) in [4.78, 5) is 8.87. The Balaban J connectivity index is 1.41. The van der Waals surface area contributed by atoms with Crippen LogP contribution in [0.5, 0.6) is 5.75 Å². The lowest BCUT2D eigenvalue weighted by atomic mass is 10.1. The quantitative estimate of drug-likeness (QED) is 0.691. The van der Waals surface area contributed by atoms with Crippen LogP contribution in [0.4, 0.5) is 5.69 Å².